The summed E-state index contributed by atoms with van der Waals surface area (Å²) in [5.41, 5.74) is 7.37. The Labute approximate surface area is 168 Å². The maximum atomic E-state index is 12.6. The second-order valence-electron chi connectivity index (χ2n) is 6.12. The largest absolute Gasteiger partial charge is 0.489 e. The van der Waals surface area contributed by atoms with Crippen LogP contribution in [0, 0.1) is 5.92 Å². The van der Waals surface area contributed by atoms with Gasteiger partial charge in [0.05, 0.1) is 10.3 Å². The van der Waals surface area contributed by atoms with Crippen LogP contribution in [-0.2, 0) is 6.61 Å². The van der Waals surface area contributed by atoms with Gasteiger partial charge in [0.15, 0.2) is 5.78 Å². The number of benzene rings is 1. The zero-order chi connectivity index (χ0) is 19.4. The molecule has 0 aliphatic rings. The Kier molecular flexibility index (Phi) is 6.43. The van der Waals surface area contributed by atoms with Gasteiger partial charge < -0.3 is 20.7 Å². The molecule has 0 radical (unpaired) electrons. The number of hydrogen-bond donors (Lipinski definition) is 3. The number of aromatic nitrogens is 1. The number of rotatable bonds is 8. The van der Waals surface area contributed by atoms with E-state index in [0.717, 1.165) is 20.5 Å². The maximum Gasteiger partial charge on any atom is 0.166 e. The first-order valence-corrected chi connectivity index (χ1v) is 9.98. The summed E-state index contributed by atoms with van der Waals surface area (Å²) in [7, 11) is 0. The lowest BCUT2D eigenvalue weighted by Gasteiger charge is -2.11. The molecular formula is C19H19BrN2O4S. The second kappa shape index (κ2) is 8.79. The average Bonchev–Trinajstić information content (AvgIpc) is 3.10. The van der Waals surface area contributed by atoms with Gasteiger partial charge in [0.1, 0.15) is 18.2 Å². The first-order valence-electron chi connectivity index (χ1n) is 8.31. The van der Waals surface area contributed by atoms with E-state index in [1.807, 2.05) is 29.6 Å². The number of aliphatic hydroxyl groups is 2. The minimum Gasteiger partial charge on any atom is -0.489 e. The number of thiophene rings is 1. The van der Waals surface area contributed by atoms with Crippen LogP contribution in [0.4, 0.5) is 5.82 Å². The van der Waals surface area contributed by atoms with E-state index >= 15 is 0 Å². The van der Waals surface area contributed by atoms with E-state index in [1.54, 1.807) is 0 Å². The molecule has 4 N–H and O–H groups in total. The Morgan fingerprint density at radius 1 is 1.26 bits per heavy atom. The monoisotopic (exact) mass is 450 g/mol. The Bertz CT molecular complexity index is 939. The quantitative estimate of drug-likeness (QED) is 0.454. The van der Waals surface area contributed by atoms with Crippen molar-refractivity contribution in [3.63, 3.8) is 0 Å². The summed E-state index contributed by atoms with van der Waals surface area (Å²) in [4.78, 5) is 16.8. The molecule has 0 aliphatic heterocycles. The molecule has 0 amide bonds. The summed E-state index contributed by atoms with van der Waals surface area (Å²) < 4.78 is 7.54. The van der Waals surface area contributed by atoms with Gasteiger partial charge in [-0.3, -0.25) is 4.79 Å². The smallest absolute Gasteiger partial charge is 0.166 e. The van der Waals surface area contributed by atoms with Crippen molar-refractivity contribution in [3.05, 3.63) is 51.4 Å². The molecule has 0 atom stereocenters. The maximum absolute atomic E-state index is 12.6. The van der Waals surface area contributed by atoms with Crippen LogP contribution in [0.15, 0.2) is 40.3 Å². The summed E-state index contributed by atoms with van der Waals surface area (Å²) in [6.07, 6.45) is 1.51. The third kappa shape index (κ3) is 4.47. The number of carbonyl (C=O) groups excluding carboxylic acids is 1. The average molecular weight is 451 g/mol. The van der Waals surface area contributed by atoms with E-state index in [1.165, 1.54) is 17.5 Å². The first kappa shape index (κ1) is 19.8. The van der Waals surface area contributed by atoms with Gasteiger partial charge in [-0.25, -0.2) is 4.98 Å². The first-order chi connectivity index (χ1) is 13.0. The predicted octanol–water partition coefficient (Wildman–Crippen LogP) is 3.39. The fourth-order valence-corrected chi connectivity index (χ4v) is 4.04. The number of nitrogens with zero attached hydrogens (tertiary/aromatic N) is 1. The summed E-state index contributed by atoms with van der Waals surface area (Å²) in [6, 6.07) is 7.51. The molecule has 8 heteroatoms. The molecule has 6 nitrogen and oxygen atoms in total. The summed E-state index contributed by atoms with van der Waals surface area (Å²) in [5, 5.41) is 21.1. The van der Waals surface area contributed by atoms with Gasteiger partial charge in [-0.1, -0.05) is 15.9 Å². The lowest BCUT2D eigenvalue weighted by molar-refractivity contribution is 0.0880. The lowest BCUT2D eigenvalue weighted by atomic mass is 9.99. The van der Waals surface area contributed by atoms with Gasteiger partial charge in [0, 0.05) is 47.2 Å². The van der Waals surface area contributed by atoms with Crippen molar-refractivity contribution in [2.75, 3.05) is 18.9 Å². The number of halogens is 1. The molecule has 2 aromatic heterocycles. The van der Waals surface area contributed by atoms with Crippen LogP contribution < -0.4 is 10.5 Å². The third-order valence-electron chi connectivity index (χ3n) is 4.20. The van der Waals surface area contributed by atoms with Gasteiger partial charge >= 0.3 is 0 Å². The molecule has 0 spiro atoms. The molecule has 3 aromatic rings. The zero-order valence-corrected chi connectivity index (χ0v) is 16.8. The molecular weight excluding hydrogens is 432 g/mol. The van der Waals surface area contributed by atoms with Gasteiger partial charge in [-0.05, 0) is 29.6 Å². The van der Waals surface area contributed by atoms with Gasteiger partial charge in [-0.2, -0.15) is 0 Å². The number of nitrogens with two attached hydrogens (primary N) is 1. The van der Waals surface area contributed by atoms with E-state index in [9.17, 15) is 15.0 Å². The number of hydrogen-bond acceptors (Lipinski definition) is 7. The van der Waals surface area contributed by atoms with E-state index in [2.05, 4.69) is 20.9 Å². The minimum absolute atomic E-state index is 0.0519. The van der Waals surface area contributed by atoms with Crippen LogP contribution in [0.2, 0.25) is 0 Å². The van der Waals surface area contributed by atoms with Crippen molar-refractivity contribution in [3.8, 4) is 5.75 Å². The minimum atomic E-state index is -0.481. The lowest BCUT2D eigenvalue weighted by Crippen LogP contribution is -2.16. The van der Waals surface area contributed by atoms with E-state index < -0.39 is 5.92 Å². The highest BCUT2D eigenvalue weighted by Gasteiger charge is 2.20. The molecule has 0 saturated carbocycles. The molecule has 0 fully saturated rings. The number of carbonyl (C=O) groups is 1. The van der Waals surface area contributed by atoms with Gasteiger partial charge in [0.25, 0.3) is 0 Å². The number of ketones is 1. The zero-order valence-electron chi connectivity index (χ0n) is 14.4. The Morgan fingerprint density at radius 2 is 1.96 bits per heavy atom. The molecule has 1 aromatic carbocycles. The fourth-order valence-electron chi connectivity index (χ4n) is 2.69. The normalized spacial score (nSPS) is 11.3. The molecule has 142 valence electrons. The van der Waals surface area contributed by atoms with Crippen molar-refractivity contribution in [2.45, 2.75) is 13.0 Å². The van der Waals surface area contributed by atoms with E-state index in [-0.39, 0.29) is 25.4 Å². The highest BCUT2D eigenvalue weighted by Crippen LogP contribution is 2.34. The van der Waals surface area contributed by atoms with Crippen LogP contribution >= 0.6 is 27.3 Å². The van der Waals surface area contributed by atoms with Crippen molar-refractivity contribution in [1.82, 2.24) is 4.98 Å². The van der Waals surface area contributed by atoms with Crippen LogP contribution in [0.3, 0.4) is 0 Å². The third-order valence-corrected chi connectivity index (χ3v) is 5.79. The molecule has 27 heavy (non-hydrogen) atoms. The van der Waals surface area contributed by atoms with Crippen molar-refractivity contribution in [2.24, 2.45) is 5.92 Å². The Balaban J connectivity index is 1.86. The summed E-state index contributed by atoms with van der Waals surface area (Å²) in [5.74, 6) is 0.413. The predicted molar refractivity (Wildman–Crippen MR) is 109 cm³/mol. The van der Waals surface area contributed by atoms with Gasteiger partial charge in [0.2, 0.25) is 0 Å². The number of anilines is 1. The van der Waals surface area contributed by atoms with Crippen LogP contribution in [0.25, 0.3) is 10.1 Å². The highest BCUT2D eigenvalue weighted by atomic mass is 79.9. The molecule has 3 rings (SSSR count). The molecule has 0 unspecified atom stereocenters. The van der Waals surface area contributed by atoms with Crippen molar-refractivity contribution < 1.29 is 19.7 Å². The van der Waals surface area contributed by atoms with Crippen molar-refractivity contribution >= 4 is 49.0 Å². The van der Waals surface area contributed by atoms with Crippen molar-refractivity contribution in [1.29, 1.82) is 0 Å². The highest BCUT2D eigenvalue weighted by molar-refractivity contribution is 9.10. The van der Waals surface area contributed by atoms with E-state index in [4.69, 9.17) is 10.5 Å². The summed E-state index contributed by atoms with van der Waals surface area (Å²) >= 11 is 4.79. The topological polar surface area (TPSA) is 106 Å². The molecule has 0 aliphatic carbocycles. The SMILES string of the molecule is Nc1ncc(C(=O)CC(CO)CO)c2scc(COc3ccc(Br)cc3)c12. The summed E-state index contributed by atoms with van der Waals surface area (Å²) in [6.45, 7) is -0.184. The van der Waals surface area contributed by atoms with Crippen LogP contribution in [0.1, 0.15) is 22.3 Å². The number of ether oxygens (including phenoxy) is 1. The molecule has 2 heterocycles. The van der Waals surface area contributed by atoms with E-state index in [0.29, 0.717) is 23.4 Å². The number of Topliss-reactive ketones (excluding diaryl/α,β-unsaturated/α-hetero) is 1. The van der Waals surface area contributed by atoms with Crippen LogP contribution in [-0.4, -0.2) is 34.2 Å². The Morgan fingerprint density at radius 3 is 2.63 bits per heavy atom. The Hall–Kier alpha value is -2.00. The molecule has 0 bridgehead atoms. The van der Waals surface area contributed by atoms with Crippen LogP contribution in [0.5, 0.6) is 5.75 Å². The number of pyridine rings is 1. The second-order valence-corrected chi connectivity index (χ2v) is 7.92. The fraction of sp³-hybridized carbons (Fsp3) is 0.263. The number of aliphatic hydroxyl groups excluding tert-OH is 2. The standard InChI is InChI=1S/C19H19BrN2O4S/c20-13-1-3-14(4-2-13)26-9-12-10-27-18-15(6-22-19(21)17(12)18)16(25)5-11(7-23)8-24/h1-4,6,10-11,23-24H,5,7-9H2,(H2,21,22). The molecule has 0 saturated heterocycles. The number of nitrogen functional groups attached to an aromatic ring is 1. The van der Waals surface area contributed by atoms with Gasteiger partial charge in [-0.15, -0.1) is 11.3 Å². The number of fused-ring (bicyclic) bond motifs is 1.